The van der Waals surface area contributed by atoms with Gasteiger partial charge in [0, 0.05) is 28.1 Å². The number of carbonyl (C=O) groups is 2. The van der Waals surface area contributed by atoms with Gasteiger partial charge >= 0.3 is 0 Å². The third-order valence-corrected chi connectivity index (χ3v) is 9.02. The zero-order chi connectivity index (χ0) is 31.9. The number of halogens is 2. The molecule has 0 spiro atoms. The summed E-state index contributed by atoms with van der Waals surface area (Å²) in [6, 6.07) is 14.8. The van der Waals surface area contributed by atoms with Crippen LogP contribution >= 0.6 is 27.5 Å². The third-order valence-electron chi connectivity index (χ3n) is 6.50. The van der Waals surface area contributed by atoms with Crippen LogP contribution in [0.1, 0.15) is 26.3 Å². The first kappa shape index (κ1) is 34.0. The van der Waals surface area contributed by atoms with E-state index in [-0.39, 0.29) is 45.6 Å². The third kappa shape index (κ3) is 8.33. The number of nitrogens with one attached hydrogen (secondary N) is 1. The molecule has 0 aliphatic carbocycles. The zero-order valence-corrected chi connectivity index (χ0v) is 27.9. The quantitative estimate of drug-likeness (QED) is 0.259. The number of carbonyl (C=O) groups excluding carboxylic acids is 2. The molecule has 0 saturated heterocycles. The molecule has 0 aromatic heterocycles. The Kier molecular flexibility index (Phi) is 11.7. The van der Waals surface area contributed by atoms with Gasteiger partial charge in [-0.3, -0.25) is 13.9 Å². The maximum Gasteiger partial charge on any atom is 0.265 e. The number of hydrogen-bond acceptors (Lipinski definition) is 7. The molecule has 3 rings (SSSR count). The van der Waals surface area contributed by atoms with E-state index >= 15 is 0 Å². The zero-order valence-electron chi connectivity index (χ0n) is 24.8. The highest BCUT2D eigenvalue weighted by Crippen LogP contribution is 2.37. The van der Waals surface area contributed by atoms with Crippen molar-refractivity contribution in [3.8, 4) is 17.2 Å². The molecule has 0 heterocycles. The Morgan fingerprint density at radius 2 is 1.49 bits per heavy atom. The molecule has 0 radical (unpaired) electrons. The lowest BCUT2D eigenvalue weighted by atomic mass is 10.1. The summed E-state index contributed by atoms with van der Waals surface area (Å²) in [5.74, 6) is -0.319. The Morgan fingerprint density at radius 1 is 0.884 bits per heavy atom. The van der Waals surface area contributed by atoms with Crippen molar-refractivity contribution >= 4 is 55.1 Å². The molecule has 0 saturated carbocycles. The van der Waals surface area contributed by atoms with Crippen molar-refractivity contribution in [1.82, 2.24) is 10.2 Å². The Balaban J connectivity index is 2.14. The van der Waals surface area contributed by atoms with E-state index in [0.29, 0.717) is 5.75 Å². The first-order valence-electron chi connectivity index (χ1n) is 13.2. The number of ether oxygens (including phenoxy) is 3. The molecule has 10 nitrogen and oxygen atoms in total. The molecule has 232 valence electrons. The Bertz CT molecular complexity index is 1550. The van der Waals surface area contributed by atoms with Crippen LogP contribution in [0.2, 0.25) is 5.02 Å². The Hall–Kier alpha value is -3.48. The molecular formula is C30H35BrClN3O7S. The van der Waals surface area contributed by atoms with Gasteiger partial charge in [0.2, 0.25) is 11.8 Å². The minimum atomic E-state index is -4.43. The van der Waals surface area contributed by atoms with Gasteiger partial charge in [-0.05, 0) is 68.8 Å². The van der Waals surface area contributed by atoms with Gasteiger partial charge in [0.25, 0.3) is 10.0 Å². The van der Waals surface area contributed by atoms with Crippen LogP contribution in [0.5, 0.6) is 17.2 Å². The summed E-state index contributed by atoms with van der Waals surface area (Å²) in [7, 11) is -0.222. The van der Waals surface area contributed by atoms with Crippen molar-refractivity contribution in [1.29, 1.82) is 0 Å². The summed E-state index contributed by atoms with van der Waals surface area (Å²) >= 11 is 9.70. The number of rotatable bonds is 13. The van der Waals surface area contributed by atoms with Crippen LogP contribution in [-0.4, -0.2) is 65.1 Å². The maximum atomic E-state index is 14.3. The SMILES string of the molecule is COc1ccc(S(=O)(=O)N(CC(=O)N(Cc2ccc(Br)cc2)[C@H](C)C(=O)NC(C)C)c2cc(Cl)ccc2OC)cc1OC. The van der Waals surface area contributed by atoms with Crippen molar-refractivity contribution in [2.24, 2.45) is 0 Å². The maximum absolute atomic E-state index is 14.3. The molecule has 3 aromatic carbocycles. The number of nitrogens with zero attached hydrogens (tertiary/aromatic N) is 2. The fourth-order valence-electron chi connectivity index (χ4n) is 4.25. The summed E-state index contributed by atoms with van der Waals surface area (Å²) in [5, 5.41) is 3.06. The van der Waals surface area contributed by atoms with Crippen LogP contribution in [0.15, 0.2) is 70.0 Å². The van der Waals surface area contributed by atoms with Gasteiger partial charge < -0.3 is 24.4 Å². The number of anilines is 1. The molecule has 1 N–H and O–H groups in total. The average Bonchev–Trinajstić information content (AvgIpc) is 2.98. The van der Waals surface area contributed by atoms with E-state index in [4.69, 9.17) is 25.8 Å². The first-order chi connectivity index (χ1) is 20.3. The standard InChI is InChI=1S/C30H35BrClN3O7S/c1-19(2)33-30(37)20(3)34(17-21-7-9-22(31)10-8-21)29(36)18-35(25-15-23(32)11-13-26(25)40-4)43(38,39)24-12-14-27(41-5)28(16-24)42-6/h7-16,19-20H,17-18H2,1-6H3,(H,33,37)/t20-/m1/s1. The van der Waals surface area contributed by atoms with E-state index < -0.39 is 28.5 Å². The monoisotopic (exact) mass is 695 g/mol. The predicted molar refractivity (Wildman–Crippen MR) is 170 cm³/mol. The lowest BCUT2D eigenvalue weighted by Crippen LogP contribution is -2.52. The highest BCUT2D eigenvalue weighted by atomic mass is 79.9. The van der Waals surface area contributed by atoms with Crippen molar-refractivity contribution in [3.63, 3.8) is 0 Å². The summed E-state index contributed by atoms with van der Waals surface area (Å²) in [4.78, 5) is 28.4. The summed E-state index contributed by atoms with van der Waals surface area (Å²) in [5.41, 5.74) is 0.788. The highest BCUT2D eigenvalue weighted by Gasteiger charge is 2.34. The van der Waals surface area contributed by atoms with Crippen LogP contribution in [-0.2, 0) is 26.2 Å². The van der Waals surface area contributed by atoms with Crippen LogP contribution in [0.3, 0.4) is 0 Å². The second-order valence-corrected chi connectivity index (χ2v) is 13.0. The molecule has 0 unspecified atom stereocenters. The molecule has 3 aromatic rings. The number of sulfonamides is 1. The smallest absolute Gasteiger partial charge is 0.265 e. The lowest BCUT2D eigenvalue weighted by molar-refractivity contribution is -0.139. The van der Waals surface area contributed by atoms with Gasteiger partial charge in [-0.15, -0.1) is 0 Å². The van der Waals surface area contributed by atoms with E-state index in [1.807, 2.05) is 38.1 Å². The minimum absolute atomic E-state index is 0.0426. The average molecular weight is 697 g/mol. The van der Waals surface area contributed by atoms with Crippen molar-refractivity contribution < 1.29 is 32.2 Å². The number of methoxy groups -OCH3 is 3. The molecule has 0 aliphatic rings. The molecule has 13 heteroatoms. The molecule has 2 amide bonds. The van der Waals surface area contributed by atoms with Gasteiger partial charge in [-0.1, -0.05) is 39.7 Å². The largest absolute Gasteiger partial charge is 0.495 e. The van der Waals surface area contributed by atoms with Gasteiger partial charge in [0.1, 0.15) is 18.3 Å². The molecule has 0 aliphatic heterocycles. The fraction of sp³-hybridized carbons (Fsp3) is 0.333. The van der Waals surface area contributed by atoms with Gasteiger partial charge in [-0.25, -0.2) is 8.42 Å². The fourth-order valence-corrected chi connectivity index (χ4v) is 6.11. The summed E-state index contributed by atoms with van der Waals surface area (Å²) < 4.78 is 46.3. The summed E-state index contributed by atoms with van der Waals surface area (Å²) in [6.07, 6.45) is 0. The lowest BCUT2D eigenvalue weighted by Gasteiger charge is -2.32. The van der Waals surface area contributed by atoms with E-state index in [1.165, 1.54) is 56.6 Å². The van der Waals surface area contributed by atoms with E-state index in [9.17, 15) is 18.0 Å². The van der Waals surface area contributed by atoms with E-state index in [1.54, 1.807) is 13.0 Å². The predicted octanol–water partition coefficient (Wildman–Crippen LogP) is 5.27. The van der Waals surface area contributed by atoms with Crippen LogP contribution < -0.4 is 23.8 Å². The second-order valence-electron chi connectivity index (χ2n) is 9.83. The Morgan fingerprint density at radius 3 is 2.07 bits per heavy atom. The highest BCUT2D eigenvalue weighted by molar-refractivity contribution is 9.10. The second kappa shape index (κ2) is 14.8. The number of amides is 2. The van der Waals surface area contributed by atoms with Crippen LogP contribution in [0.25, 0.3) is 0 Å². The Labute approximate surface area is 266 Å². The molecule has 1 atom stereocenters. The molecule has 0 bridgehead atoms. The van der Waals surface area contributed by atoms with Gasteiger partial charge in [0.05, 0.1) is 31.9 Å². The molecular weight excluding hydrogens is 662 g/mol. The van der Waals surface area contributed by atoms with Crippen molar-refractivity contribution in [3.05, 3.63) is 75.7 Å². The van der Waals surface area contributed by atoms with Crippen molar-refractivity contribution in [2.45, 2.75) is 44.3 Å². The number of hydrogen-bond donors (Lipinski definition) is 1. The minimum Gasteiger partial charge on any atom is -0.495 e. The summed E-state index contributed by atoms with van der Waals surface area (Å²) in [6.45, 7) is 4.61. The molecule has 43 heavy (non-hydrogen) atoms. The number of benzene rings is 3. The van der Waals surface area contributed by atoms with E-state index in [0.717, 1.165) is 14.3 Å². The normalized spacial score (nSPS) is 11.9. The van der Waals surface area contributed by atoms with Crippen molar-refractivity contribution in [2.75, 3.05) is 32.2 Å². The van der Waals surface area contributed by atoms with Crippen LogP contribution in [0, 0.1) is 0 Å². The van der Waals surface area contributed by atoms with E-state index in [2.05, 4.69) is 21.2 Å². The topological polar surface area (TPSA) is 114 Å². The molecule has 0 fully saturated rings. The van der Waals surface area contributed by atoms with Gasteiger partial charge in [-0.2, -0.15) is 0 Å². The first-order valence-corrected chi connectivity index (χ1v) is 15.9. The van der Waals surface area contributed by atoms with Crippen LogP contribution in [0.4, 0.5) is 5.69 Å². The van der Waals surface area contributed by atoms with Gasteiger partial charge in [0.15, 0.2) is 11.5 Å².